The van der Waals surface area contributed by atoms with Crippen molar-refractivity contribution in [3.63, 3.8) is 0 Å². The zero-order valence-electron chi connectivity index (χ0n) is 81.7. The molecule has 0 saturated carbocycles. The third kappa shape index (κ3) is 19.2. The molecule has 0 spiro atoms. The third-order valence-electron chi connectivity index (χ3n) is 28.9. The van der Waals surface area contributed by atoms with E-state index in [2.05, 4.69) is 578 Å². The normalized spacial score (nSPS) is 12.4. The highest BCUT2D eigenvalue weighted by Crippen LogP contribution is 2.62. The highest BCUT2D eigenvalue weighted by molar-refractivity contribution is 9.10. The van der Waals surface area contributed by atoms with E-state index < -0.39 is 12.5 Å². The van der Waals surface area contributed by atoms with Gasteiger partial charge >= 0.3 is 7.12 Å². The maximum atomic E-state index is 8.63. The fraction of sp³-hybridized carbons (Fsp3) is 0.0213. The largest absolute Gasteiger partial charge is 0.488 e. The molecule has 8 heteroatoms. The highest BCUT2D eigenvalue weighted by Gasteiger charge is 2.50. The second-order valence-corrected chi connectivity index (χ2v) is 39.1. The van der Waals surface area contributed by atoms with Crippen LogP contribution in [0.2, 0.25) is 10.0 Å². The summed E-state index contributed by atoms with van der Waals surface area (Å²) in [6, 6.07) is 213. The fourth-order valence-electron chi connectivity index (χ4n) is 22.2. The highest BCUT2D eigenvalue weighted by atomic mass is 79.9. The Kier molecular flexibility index (Phi) is 28.5. The van der Waals surface area contributed by atoms with E-state index in [1.165, 1.54) is 167 Å². The lowest BCUT2D eigenvalue weighted by atomic mass is 9.67. The smallest absolute Gasteiger partial charge is 0.423 e. The quantitative estimate of drug-likeness (QED) is 0.0750. The van der Waals surface area contributed by atoms with Crippen LogP contribution in [0.3, 0.4) is 0 Å². The zero-order chi connectivity index (χ0) is 101. The summed E-state index contributed by atoms with van der Waals surface area (Å²) >= 11 is 15.6. The number of rotatable bonds is 18. The van der Waals surface area contributed by atoms with E-state index in [4.69, 9.17) is 33.2 Å². The Bertz CT molecular complexity index is 8210. The first-order valence-electron chi connectivity index (χ1n) is 50.4. The second kappa shape index (κ2) is 43.9. The molecule has 0 bridgehead atoms. The van der Waals surface area contributed by atoms with Crippen LogP contribution in [-0.2, 0) is 16.2 Å². The molecule has 23 aromatic rings. The average molecular weight is 2020 g/mol. The van der Waals surface area contributed by atoms with Crippen LogP contribution in [0, 0.1) is 0 Å². The first-order valence-corrected chi connectivity index (χ1v) is 51.9. The van der Waals surface area contributed by atoms with Crippen molar-refractivity contribution in [1.82, 2.24) is 0 Å². The molecule has 0 saturated heterocycles. The van der Waals surface area contributed by atoms with Crippen LogP contribution in [0.4, 0.5) is 28.4 Å². The number of hydrogen-bond donors (Lipinski definition) is 3. The first-order chi connectivity index (χ1) is 73.5. The van der Waals surface area contributed by atoms with Crippen molar-refractivity contribution in [2.24, 2.45) is 0 Å². The summed E-state index contributed by atoms with van der Waals surface area (Å²) in [5, 5.41) is 22.1. The summed E-state index contributed by atoms with van der Waals surface area (Å²) < 4.78 is 1.15. The van der Waals surface area contributed by atoms with Crippen molar-refractivity contribution in [1.29, 1.82) is 0 Å². The molecule has 0 atom stereocenters. The van der Waals surface area contributed by atoms with Crippen molar-refractivity contribution in [2.75, 3.05) is 10.2 Å². The van der Waals surface area contributed by atoms with E-state index in [1.54, 1.807) is 24.3 Å². The SMILES string of the molecule is Brc1cccc2c1-c1ccccc1C2(c1ccccc1)c1ccccc1.Clc1ccc(-c2cccc3c2-c2ccccc2C3(c2ccccc2)c2ccccc2)cc1.OB(O)c1ccc(Cl)cc1.c1ccc(-c2ccc(N(c3ccc(-c4ccccc4)cc3)c3ccc(-c4cccc5c4-c4ccccc4C5(c4ccccc4)c4ccccc4)cc3)cc2)cc1.c1ccc(-c2ccc(Nc3ccc(-c4ccccc4)cc3)cc2)cc1. The third-order valence-corrected chi connectivity index (χ3v) is 30.1. The Balaban J connectivity index is 0.000000115. The van der Waals surface area contributed by atoms with Gasteiger partial charge in [0.05, 0.1) is 16.2 Å². The summed E-state index contributed by atoms with van der Waals surface area (Å²) in [6.07, 6.45) is 0. The second-order valence-electron chi connectivity index (χ2n) is 37.4. The van der Waals surface area contributed by atoms with Crippen LogP contribution in [0.1, 0.15) is 66.8 Å². The number of halogens is 3. The van der Waals surface area contributed by atoms with Gasteiger partial charge in [-0.1, -0.05) is 549 Å². The van der Waals surface area contributed by atoms with Crippen molar-refractivity contribution < 1.29 is 10.0 Å². The lowest BCUT2D eigenvalue weighted by Crippen LogP contribution is -2.29. The van der Waals surface area contributed by atoms with Gasteiger partial charge in [0, 0.05) is 48.5 Å². The monoisotopic (exact) mass is 2010 g/mol. The summed E-state index contributed by atoms with van der Waals surface area (Å²) in [4.78, 5) is 2.36. The van der Waals surface area contributed by atoms with Crippen molar-refractivity contribution in [2.45, 2.75) is 16.2 Å². The maximum absolute atomic E-state index is 8.63. The van der Waals surface area contributed by atoms with Gasteiger partial charge in [-0.3, -0.25) is 0 Å². The van der Waals surface area contributed by atoms with Crippen LogP contribution in [0.25, 0.3) is 100 Å². The van der Waals surface area contributed by atoms with Gasteiger partial charge in [0.25, 0.3) is 0 Å². The first kappa shape index (κ1) is 96.5. The molecule has 0 fully saturated rings. The number of nitrogens with one attached hydrogen (secondary N) is 1. The average Bonchev–Trinajstić information content (AvgIpc) is 1.54. The lowest BCUT2D eigenvalue weighted by Gasteiger charge is -2.34. The summed E-state index contributed by atoms with van der Waals surface area (Å²) in [6.45, 7) is 0. The van der Waals surface area contributed by atoms with E-state index in [1.807, 2.05) is 24.3 Å². The molecule has 0 aromatic heterocycles. The molecule has 3 aliphatic carbocycles. The van der Waals surface area contributed by atoms with Gasteiger partial charge in [0.15, 0.2) is 0 Å². The Morgan fingerprint density at radius 2 is 0.396 bits per heavy atom. The molecule has 0 aliphatic heterocycles. The molecule has 0 heterocycles. The molecular formula is C141H102BBrCl2N2O2. The predicted molar refractivity (Wildman–Crippen MR) is 629 cm³/mol. The Hall–Kier alpha value is -17.3. The predicted octanol–water partition coefficient (Wildman–Crippen LogP) is 36.5. The number of hydrogen-bond acceptors (Lipinski definition) is 4. The maximum Gasteiger partial charge on any atom is 0.488 e. The van der Waals surface area contributed by atoms with Gasteiger partial charge in [0.1, 0.15) is 0 Å². The van der Waals surface area contributed by atoms with Crippen LogP contribution >= 0.6 is 39.1 Å². The Morgan fingerprint density at radius 3 is 0.685 bits per heavy atom. The van der Waals surface area contributed by atoms with Gasteiger partial charge in [-0.25, -0.2) is 0 Å². The molecule has 26 rings (SSSR count). The minimum absolute atomic E-state index is 0.293. The molecule has 0 amide bonds. The minimum Gasteiger partial charge on any atom is -0.423 e. The van der Waals surface area contributed by atoms with Crippen LogP contribution in [0.15, 0.2) is 605 Å². The summed E-state index contributed by atoms with van der Waals surface area (Å²) in [5.41, 5.74) is 42.9. The van der Waals surface area contributed by atoms with E-state index >= 15 is 0 Å². The zero-order valence-corrected chi connectivity index (χ0v) is 84.8. The molecule has 712 valence electrons. The van der Waals surface area contributed by atoms with Crippen molar-refractivity contribution in [3.8, 4) is 100 Å². The van der Waals surface area contributed by atoms with E-state index in [0.29, 0.717) is 10.5 Å². The van der Waals surface area contributed by atoms with Gasteiger partial charge in [-0.2, -0.15) is 0 Å². The van der Waals surface area contributed by atoms with Crippen LogP contribution in [-0.4, -0.2) is 17.2 Å². The molecular weight excluding hydrogens is 1920 g/mol. The molecule has 3 aliphatic rings. The Morgan fingerprint density at radius 1 is 0.188 bits per heavy atom. The lowest BCUT2D eigenvalue weighted by molar-refractivity contribution is 0.426. The Labute approximate surface area is 891 Å². The van der Waals surface area contributed by atoms with E-state index in [0.717, 1.165) is 37.9 Å². The number of fused-ring (bicyclic) bond motifs is 9. The van der Waals surface area contributed by atoms with Crippen molar-refractivity contribution >= 4 is 80.1 Å². The minimum atomic E-state index is -1.41. The van der Waals surface area contributed by atoms with Crippen molar-refractivity contribution in [3.05, 3.63) is 682 Å². The number of anilines is 5. The number of benzene rings is 23. The molecule has 0 radical (unpaired) electrons. The molecule has 23 aromatic carbocycles. The summed E-state index contributed by atoms with van der Waals surface area (Å²) in [5.74, 6) is 0. The molecule has 0 unspecified atom stereocenters. The van der Waals surface area contributed by atoms with Crippen LogP contribution in [0.5, 0.6) is 0 Å². The van der Waals surface area contributed by atoms with Crippen LogP contribution < -0.4 is 15.7 Å². The summed E-state index contributed by atoms with van der Waals surface area (Å²) in [7, 11) is -1.41. The molecule has 149 heavy (non-hydrogen) atoms. The number of nitrogens with zero attached hydrogens (tertiary/aromatic N) is 1. The van der Waals surface area contributed by atoms with E-state index in [-0.39, 0.29) is 10.8 Å². The van der Waals surface area contributed by atoms with E-state index in [9.17, 15) is 0 Å². The molecule has 3 N–H and O–H groups in total. The van der Waals surface area contributed by atoms with Gasteiger partial charge in [0.2, 0.25) is 0 Å². The fourth-order valence-corrected chi connectivity index (χ4v) is 23.0. The van der Waals surface area contributed by atoms with Gasteiger partial charge in [-0.15, -0.1) is 0 Å². The topological polar surface area (TPSA) is 55.7 Å². The van der Waals surface area contributed by atoms with Gasteiger partial charge in [-0.05, 0) is 258 Å². The molecule has 4 nitrogen and oxygen atoms in total. The standard InChI is InChI=1S/C55H39N.C31H21Cl.C25H17Br.C24H19N.C6H6BClO2/c1-5-16-40(17-6-1)42-28-34-47(35-29-42)56(48-36-30-43(31-37-48)41-18-7-2-8-19-41)49-38-32-44(33-39-49)50-25-15-27-53-54(50)51-24-13-14-26-52(51)55(53,45-20-9-3-10-21-45)46-22-11-4-12-23-46;32-25-20-18-22(19-21-25)26-15-9-17-29-30(26)27-14-7-8-16-28(27)31(29,23-10-3-1-4-11-23)24-12-5-2-6-13-24;26-23-17-9-16-22-24(23)20-14-7-8-15-21(20)25(22,18-10-3-1-4-11-18)19-12-5-2-6-13-19;1-3-7-19(8-4-1)21-11-15-23(16-12-21)25-24-17-13-22(14-18-24)20-9-5-2-6-10-20;8-6-3-1-5(2-4-6)7(9)10/h1-39H;1-21H;1-17H;1-18,25H;1-4,9-10H. The van der Waals surface area contributed by atoms with Gasteiger partial charge < -0.3 is 20.3 Å².